The van der Waals surface area contributed by atoms with Crippen LogP contribution >= 0.6 is 0 Å². The summed E-state index contributed by atoms with van der Waals surface area (Å²) in [5, 5.41) is 0. The van der Waals surface area contributed by atoms with E-state index < -0.39 is 0 Å². The second-order valence-corrected chi connectivity index (χ2v) is 5.09. The van der Waals surface area contributed by atoms with Crippen molar-refractivity contribution >= 4 is 9.52 Å². The quantitative estimate of drug-likeness (QED) is 0.287. The van der Waals surface area contributed by atoms with Crippen LogP contribution in [0.3, 0.4) is 0 Å². The van der Waals surface area contributed by atoms with E-state index in [1.165, 1.54) is 16.7 Å². The van der Waals surface area contributed by atoms with Crippen molar-refractivity contribution in [1.82, 2.24) is 0 Å². The van der Waals surface area contributed by atoms with Crippen LogP contribution in [0.5, 0.6) is 0 Å². The van der Waals surface area contributed by atoms with Crippen molar-refractivity contribution in [2.75, 3.05) is 0 Å². The van der Waals surface area contributed by atoms with Gasteiger partial charge >= 0.3 is 25.8 Å². The van der Waals surface area contributed by atoms with E-state index in [9.17, 15) is 0 Å². The van der Waals surface area contributed by atoms with Crippen LogP contribution in [-0.4, -0.2) is 9.52 Å². The van der Waals surface area contributed by atoms with E-state index in [0.29, 0.717) is 0 Å². The summed E-state index contributed by atoms with van der Waals surface area (Å²) in [5.41, 5.74) is 3.98. The smallest absolute Gasteiger partial charge is 1.00 e. The maximum Gasteiger partial charge on any atom is 4.00 e. The maximum absolute atomic E-state index is 3.19. The van der Waals surface area contributed by atoms with E-state index in [-0.39, 0.29) is 50.7 Å². The second-order valence-electron chi connectivity index (χ2n) is 3.94. The number of allylic oxidation sites excluding steroid dienone is 8. The third kappa shape index (κ3) is 16.6. The first-order chi connectivity index (χ1) is 7.61. The van der Waals surface area contributed by atoms with Gasteiger partial charge in [-0.3, -0.25) is 12.2 Å². The third-order valence-corrected chi connectivity index (χ3v) is 2.23. The molecule has 0 amide bonds. The minimum atomic E-state index is 0. The van der Waals surface area contributed by atoms with Crippen LogP contribution in [0.15, 0.2) is 34.9 Å². The van der Waals surface area contributed by atoms with Gasteiger partial charge in [0.1, 0.15) is 0 Å². The van der Waals surface area contributed by atoms with Crippen LogP contribution in [0.25, 0.3) is 0 Å². The van der Waals surface area contributed by atoms with Gasteiger partial charge in [0, 0.05) is 9.52 Å². The summed E-state index contributed by atoms with van der Waals surface area (Å²) in [6.07, 6.45) is 14.7. The molecule has 2 rings (SSSR count). The molecule has 0 unspecified atom stereocenters. The fraction of sp³-hybridized carbons (Fsp3) is 0.467. The standard InChI is InChI=1S/C7H9.C6H7.C2H7Si.2ClH.Hf/c1-6-4-3-5-7(6)2;1-6-4-2-3-5-6;1-3-2;;;/h4H,3H2,1-2H3;2,4H,3H2,1H3;3H,1-2H3;2*1H;/q2*-1;;;;+4/p-2. The number of hydrogen-bond donors (Lipinski definition) is 0. The molecular weight excluding hydrogens is 458 g/mol. The van der Waals surface area contributed by atoms with Gasteiger partial charge in [-0.1, -0.05) is 26.9 Å². The fourth-order valence-electron chi connectivity index (χ4n) is 1.16. The Balaban J connectivity index is -0.0000000877. The summed E-state index contributed by atoms with van der Waals surface area (Å²) in [5.74, 6) is 0. The molecule has 0 bridgehead atoms. The molecule has 0 atom stereocenters. The fourth-order valence-corrected chi connectivity index (χ4v) is 1.16. The van der Waals surface area contributed by atoms with E-state index in [1.807, 2.05) is 0 Å². The Bertz CT molecular complexity index is 299. The van der Waals surface area contributed by atoms with Gasteiger partial charge in [0.2, 0.25) is 0 Å². The Labute approximate surface area is 153 Å². The molecule has 0 fully saturated rings. The molecule has 2 aliphatic rings. The summed E-state index contributed by atoms with van der Waals surface area (Å²) in [4.78, 5) is 0. The zero-order chi connectivity index (χ0) is 12.4. The maximum atomic E-state index is 3.19. The van der Waals surface area contributed by atoms with Crippen LogP contribution in [0.4, 0.5) is 0 Å². The Morgan fingerprint density at radius 2 is 1.53 bits per heavy atom. The van der Waals surface area contributed by atoms with Crippen molar-refractivity contribution in [2.45, 2.75) is 46.7 Å². The summed E-state index contributed by atoms with van der Waals surface area (Å²) < 4.78 is 0. The molecule has 19 heavy (non-hydrogen) atoms. The first-order valence-electron chi connectivity index (χ1n) is 5.84. The van der Waals surface area contributed by atoms with E-state index in [0.717, 1.165) is 22.4 Å². The number of rotatable bonds is 0. The first-order valence-corrected chi connectivity index (χ1v) is 8.15. The molecule has 0 nitrogen and oxygen atoms in total. The Morgan fingerprint density at radius 3 is 1.63 bits per heavy atom. The van der Waals surface area contributed by atoms with Gasteiger partial charge < -0.3 is 24.8 Å². The molecule has 0 aromatic carbocycles. The molecule has 0 aromatic rings. The minimum Gasteiger partial charge on any atom is -1.00 e. The Morgan fingerprint density at radius 1 is 1.00 bits per heavy atom. The van der Waals surface area contributed by atoms with Crippen molar-refractivity contribution < 1.29 is 50.7 Å². The zero-order valence-electron chi connectivity index (χ0n) is 12.5. The summed E-state index contributed by atoms with van der Waals surface area (Å²) >= 11 is 0. The van der Waals surface area contributed by atoms with E-state index in [1.54, 1.807) is 0 Å². The van der Waals surface area contributed by atoms with Crippen LogP contribution in [0, 0.1) is 12.2 Å². The molecule has 0 saturated heterocycles. The molecule has 0 saturated carbocycles. The van der Waals surface area contributed by atoms with Crippen molar-refractivity contribution in [3.63, 3.8) is 0 Å². The normalized spacial score (nSPS) is 13.8. The predicted octanol–water partition coefficient (Wildman–Crippen LogP) is -1.69. The summed E-state index contributed by atoms with van der Waals surface area (Å²) in [7, 11) is 0.750. The van der Waals surface area contributed by atoms with E-state index >= 15 is 0 Å². The molecule has 4 heteroatoms. The third-order valence-electron chi connectivity index (χ3n) is 2.23. The Hall–Kier alpha value is 0.627. The largest absolute Gasteiger partial charge is 4.00 e. The van der Waals surface area contributed by atoms with Gasteiger partial charge in [0.25, 0.3) is 0 Å². The summed E-state index contributed by atoms with van der Waals surface area (Å²) in [6, 6.07) is 0. The van der Waals surface area contributed by atoms with Gasteiger partial charge in [-0.05, 0) is 0 Å². The SMILES string of the molecule is CC1=[C-]CC=C1.CC1=[C-]CC=C1C.C[SiH]C.[Cl-].[Cl-].[Hf+4]. The second kappa shape index (κ2) is 18.6. The molecular formula is C15H23Cl2HfSi. The predicted molar refractivity (Wildman–Crippen MR) is 75.9 cm³/mol. The molecule has 0 aromatic heterocycles. The van der Waals surface area contributed by atoms with Gasteiger partial charge in [-0.25, -0.2) is 22.8 Å². The van der Waals surface area contributed by atoms with Crippen molar-refractivity contribution in [2.24, 2.45) is 0 Å². The van der Waals surface area contributed by atoms with Crippen molar-refractivity contribution in [3.8, 4) is 0 Å². The van der Waals surface area contributed by atoms with Crippen LogP contribution in [0.2, 0.25) is 13.1 Å². The number of halogens is 2. The Kier molecular flexibility index (Phi) is 27.3. The van der Waals surface area contributed by atoms with Gasteiger partial charge in [-0.2, -0.15) is 12.2 Å². The molecule has 0 aliphatic heterocycles. The molecule has 1 radical (unpaired) electrons. The molecule has 0 spiro atoms. The van der Waals surface area contributed by atoms with E-state index in [2.05, 4.69) is 64.2 Å². The van der Waals surface area contributed by atoms with Crippen molar-refractivity contribution in [3.05, 3.63) is 47.1 Å². The van der Waals surface area contributed by atoms with Gasteiger partial charge in [0.15, 0.2) is 0 Å². The van der Waals surface area contributed by atoms with Crippen molar-refractivity contribution in [1.29, 1.82) is 0 Å². The molecule has 0 N–H and O–H groups in total. The molecule has 105 valence electrons. The summed E-state index contributed by atoms with van der Waals surface area (Å²) in [6.45, 7) is 10.7. The average molecular weight is 481 g/mol. The number of hydrogen-bond acceptors (Lipinski definition) is 0. The minimum absolute atomic E-state index is 0. The zero-order valence-corrected chi connectivity index (χ0v) is 18.7. The van der Waals surface area contributed by atoms with Crippen LogP contribution < -0.4 is 24.8 Å². The molecule has 0 heterocycles. The molecule has 2 aliphatic carbocycles. The topological polar surface area (TPSA) is 0 Å². The van der Waals surface area contributed by atoms with Gasteiger partial charge in [-0.15, -0.1) is 19.8 Å². The van der Waals surface area contributed by atoms with Crippen LogP contribution in [0.1, 0.15) is 33.6 Å². The first kappa shape index (κ1) is 27.9. The van der Waals surface area contributed by atoms with Crippen LogP contribution in [-0.2, 0) is 25.8 Å². The monoisotopic (exact) mass is 481 g/mol. The average Bonchev–Trinajstić information content (AvgIpc) is 2.83. The van der Waals surface area contributed by atoms with Gasteiger partial charge in [0.05, 0.1) is 0 Å². The van der Waals surface area contributed by atoms with E-state index in [4.69, 9.17) is 0 Å².